The van der Waals surface area contributed by atoms with Crippen molar-refractivity contribution in [1.29, 1.82) is 0 Å². The zero-order valence-electron chi connectivity index (χ0n) is 12.9. The fraction of sp³-hybridized carbons (Fsp3) is 0.533. The van der Waals surface area contributed by atoms with E-state index in [-0.39, 0.29) is 11.9 Å². The second kappa shape index (κ2) is 6.32. The summed E-state index contributed by atoms with van der Waals surface area (Å²) in [5.41, 5.74) is 9.83. The first-order valence-corrected chi connectivity index (χ1v) is 7.93. The van der Waals surface area contributed by atoms with E-state index >= 15 is 0 Å². The quantitative estimate of drug-likeness (QED) is 0.662. The minimum absolute atomic E-state index is 0.158. The normalized spacial score (nSPS) is 24.2. The van der Waals surface area contributed by atoms with E-state index in [1.807, 2.05) is 17.0 Å². The largest absolute Gasteiger partial charge is 0.454 e. The maximum atomic E-state index is 12.3. The van der Waals surface area contributed by atoms with E-state index < -0.39 is 0 Å². The standard InChI is InChI=1S/C15H21N5O3/c21-15(12-8-16-18-17-12)20-5-3-19(4-6-20)9-11-1-2-13-14(7-11)23-10-22-13/h1-2,7,12,16-18H,3-6,8-10H2. The van der Waals surface area contributed by atoms with E-state index in [0.717, 1.165) is 44.2 Å². The Labute approximate surface area is 134 Å². The first-order chi connectivity index (χ1) is 11.3. The number of nitrogens with zero attached hydrogens (tertiary/aromatic N) is 2. The van der Waals surface area contributed by atoms with E-state index in [9.17, 15) is 4.79 Å². The summed E-state index contributed by atoms with van der Waals surface area (Å²) in [5.74, 6) is 1.80. The van der Waals surface area contributed by atoms with Gasteiger partial charge in [-0.25, -0.2) is 10.9 Å². The molecule has 0 aliphatic carbocycles. The molecule has 0 bridgehead atoms. The molecule has 1 unspecified atom stereocenters. The number of ether oxygens (including phenoxy) is 2. The van der Waals surface area contributed by atoms with Crippen LogP contribution in [-0.4, -0.2) is 61.3 Å². The van der Waals surface area contributed by atoms with Crippen LogP contribution in [-0.2, 0) is 11.3 Å². The number of carbonyl (C=O) groups is 1. The number of hydrazine groups is 2. The molecule has 0 radical (unpaired) electrons. The van der Waals surface area contributed by atoms with Gasteiger partial charge in [0.15, 0.2) is 11.5 Å². The van der Waals surface area contributed by atoms with Crippen LogP contribution < -0.4 is 25.9 Å². The lowest BCUT2D eigenvalue weighted by Crippen LogP contribution is -2.54. The molecule has 124 valence electrons. The van der Waals surface area contributed by atoms with Gasteiger partial charge in [0.2, 0.25) is 12.7 Å². The molecule has 0 saturated carbocycles. The van der Waals surface area contributed by atoms with E-state index in [0.29, 0.717) is 13.3 Å². The highest BCUT2D eigenvalue weighted by Crippen LogP contribution is 2.32. The summed E-state index contributed by atoms with van der Waals surface area (Å²) in [6, 6.07) is 5.91. The predicted octanol–water partition coefficient (Wildman–Crippen LogP) is -0.959. The van der Waals surface area contributed by atoms with Gasteiger partial charge >= 0.3 is 0 Å². The lowest BCUT2D eigenvalue weighted by molar-refractivity contribution is -0.134. The van der Waals surface area contributed by atoms with Crippen LogP contribution in [0.2, 0.25) is 0 Å². The van der Waals surface area contributed by atoms with Crippen LogP contribution in [0.5, 0.6) is 11.5 Å². The van der Waals surface area contributed by atoms with Gasteiger partial charge in [-0.05, 0) is 17.7 Å². The Kier molecular flexibility index (Phi) is 4.04. The smallest absolute Gasteiger partial charge is 0.242 e. The molecule has 4 rings (SSSR count). The van der Waals surface area contributed by atoms with Gasteiger partial charge in [0, 0.05) is 39.3 Å². The summed E-state index contributed by atoms with van der Waals surface area (Å²) in [4.78, 5) is 16.6. The van der Waals surface area contributed by atoms with Crippen molar-refractivity contribution in [2.24, 2.45) is 0 Å². The summed E-state index contributed by atoms with van der Waals surface area (Å²) in [7, 11) is 0. The third kappa shape index (κ3) is 3.11. The number of piperazine rings is 1. The third-order valence-electron chi connectivity index (χ3n) is 4.47. The summed E-state index contributed by atoms with van der Waals surface area (Å²) < 4.78 is 10.8. The number of amides is 1. The highest BCUT2D eigenvalue weighted by Gasteiger charge is 2.29. The van der Waals surface area contributed by atoms with Crippen LogP contribution in [0.3, 0.4) is 0 Å². The topological polar surface area (TPSA) is 78.1 Å². The summed E-state index contributed by atoms with van der Waals surface area (Å²) in [6.45, 7) is 5.09. The number of hydrogen-bond acceptors (Lipinski definition) is 7. The Hall–Kier alpha value is -1.87. The average Bonchev–Trinajstić information content (AvgIpc) is 3.26. The van der Waals surface area contributed by atoms with Crippen LogP contribution >= 0.6 is 0 Å². The van der Waals surface area contributed by atoms with Crippen LogP contribution in [0.1, 0.15) is 5.56 Å². The van der Waals surface area contributed by atoms with E-state index in [1.165, 1.54) is 5.56 Å². The fourth-order valence-electron chi connectivity index (χ4n) is 3.14. The number of benzene rings is 1. The van der Waals surface area contributed by atoms with Gasteiger partial charge < -0.3 is 14.4 Å². The summed E-state index contributed by atoms with van der Waals surface area (Å²) >= 11 is 0. The lowest BCUT2D eigenvalue weighted by atomic mass is 10.1. The Morgan fingerprint density at radius 2 is 2.00 bits per heavy atom. The molecular weight excluding hydrogens is 298 g/mol. The van der Waals surface area contributed by atoms with Crippen LogP contribution in [0.4, 0.5) is 0 Å². The molecular formula is C15H21N5O3. The van der Waals surface area contributed by atoms with E-state index in [1.54, 1.807) is 0 Å². The Morgan fingerprint density at radius 3 is 2.78 bits per heavy atom. The zero-order chi connectivity index (χ0) is 15.6. The van der Waals surface area contributed by atoms with E-state index in [2.05, 4.69) is 27.4 Å². The van der Waals surface area contributed by atoms with E-state index in [4.69, 9.17) is 9.47 Å². The number of hydrogen-bond donors (Lipinski definition) is 3. The molecule has 2 fully saturated rings. The van der Waals surface area contributed by atoms with Gasteiger partial charge in [-0.3, -0.25) is 9.69 Å². The molecule has 3 aliphatic rings. The molecule has 3 N–H and O–H groups in total. The van der Waals surface area contributed by atoms with Crippen LogP contribution in [0.25, 0.3) is 0 Å². The van der Waals surface area contributed by atoms with Crippen molar-refractivity contribution in [2.45, 2.75) is 12.6 Å². The lowest BCUT2D eigenvalue weighted by Gasteiger charge is -2.35. The van der Waals surface area contributed by atoms with Gasteiger partial charge in [0.25, 0.3) is 0 Å². The number of carbonyl (C=O) groups excluding carboxylic acids is 1. The SMILES string of the molecule is O=C(C1CNNN1)N1CCN(Cc2ccc3c(c2)OCO3)CC1. The van der Waals surface area contributed by atoms with Gasteiger partial charge in [0.05, 0.1) is 0 Å². The van der Waals surface area contributed by atoms with Gasteiger partial charge in [-0.2, -0.15) is 5.53 Å². The van der Waals surface area contributed by atoms with Crippen molar-refractivity contribution >= 4 is 5.91 Å². The van der Waals surface area contributed by atoms with Crippen molar-refractivity contribution < 1.29 is 14.3 Å². The molecule has 3 heterocycles. The van der Waals surface area contributed by atoms with Crippen molar-refractivity contribution in [1.82, 2.24) is 26.2 Å². The average molecular weight is 319 g/mol. The van der Waals surface area contributed by atoms with Crippen molar-refractivity contribution in [3.8, 4) is 11.5 Å². The second-order valence-electron chi connectivity index (χ2n) is 5.99. The monoisotopic (exact) mass is 319 g/mol. The van der Waals surface area contributed by atoms with Crippen molar-refractivity contribution in [3.05, 3.63) is 23.8 Å². The Balaban J connectivity index is 1.30. The van der Waals surface area contributed by atoms with Crippen LogP contribution in [0, 0.1) is 0 Å². The molecule has 23 heavy (non-hydrogen) atoms. The minimum atomic E-state index is -0.171. The first-order valence-electron chi connectivity index (χ1n) is 7.93. The van der Waals surface area contributed by atoms with Gasteiger partial charge in [0.1, 0.15) is 6.04 Å². The highest BCUT2D eigenvalue weighted by molar-refractivity contribution is 5.82. The van der Waals surface area contributed by atoms with Gasteiger partial charge in [-0.1, -0.05) is 6.07 Å². The molecule has 8 heteroatoms. The molecule has 8 nitrogen and oxygen atoms in total. The molecule has 1 aromatic rings. The zero-order valence-corrected chi connectivity index (χ0v) is 12.9. The molecule has 0 spiro atoms. The Morgan fingerprint density at radius 1 is 1.17 bits per heavy atom. The van der Waals surface area contributed by atoms with Gasteiger partial charge in [-0.15, -0.1) is 0 Å². The maximum Gasteiger partial charge on any atom is 0.242 e. The minimum Gasteiger partial charge on any atom is -0.454 e. The second-order valence-corrected chi connectivity index (χ2v) is 5.99. The third-order valence-corrected chi connectivity index (χ3v) is 4.47. The maximum absolute atomic E-state index is 12.3. The molecule has 2 saturated heterocycles. The summed E-state index contributed by atoms with van der Waals surface area (Å²) in [6.07, 6.45) is 0. The number of nitrogens with one attached hydrogen (secondary N) is 3. The molecule has 1 aromatic carbocycles. The summed E-state index contributed by atoms with van der Waals surface area (Å²) in [5, 5.41) is 0. The number of rotatable bonds is 3. The first kappa shape index (κ1) is 14.7. The molecule has 0 aromatic heterocycles. The Bertz CT molecular complexity index is 582. The van der Waals surface area contributed by atoms with Crippen molar-refractivity contribution in [2.75, 3.05) is 39.5 Å². The van der Waals surface area contributed by atoms with Crippen LogP contribution in [0.15, 0.2) is 18.2 Å². The predicted molar refractivity (Wildman–Crippen MR) is 82.5 cm³/mol. The fourth-order valence-corrected chi connectivity index (χ4v) is 3.14. The van der Waals surface area contributed by atoms with Crippen molar-refractivity contribution in [3.63, 3.8) is 0 Å². The molecule has 1 amide bonds. The highest BCUT2D eigenvalue weighted by atomic mass is 16.7. The molecule has 3 aliphatic heterocycles. The molecule has 1 atom stereocenters. The number of fused-ring (bicyclic) bond motifs is 1.